The van der Waals surface area contributed by atoms with Crippen LogP contribution in [0.1, 0.15) is 17.5 Å². The van der Waals surface area contributed by atoms with Gasteiger partial charge >= 0.3 is 0 Å². The first kappa shape index (κ1) is 16.9. The van der Waals surface area contributed by atoms with Crippen LogP contribution in [0.5, 0.6) is 11.5 Å². The van der Waals surface area contributed by atoms with E-state index in [4.69, 9.17) is 14.7 Å². The summed E-state index contributed by atoms with van der Waals surface area (Å²) >= 11 is 0. The number of aliphatic hydroxyl groups is 1. The molecule has 4 nitrogen and oxygen atoms in total. The largest absolute Gasteiger partial charge is 0.493 e. The highest BCUT2D eigenvalue weighted by Gasteiger charge is 2.11. The summed E-state index contributed by atoms with van der Waals surface area (Å²) < 4.78 is 11.2. The van der Waals surface area contributed by atoms with Gasteiger partial charge in [-0.2, -0.15) is 5.26 Å². The van der Waals surface area contributed by atoms with Crippen LogP contribution >= 0.6 is 0 Å². The normalized spacial score (nSPS) is 11.5. The Morgan fingerprint density at radius 3 is 2.52 bits per heavy atom. The molecule has 0 saturated carbocycles. The van der Waals surface area contributed by atoms with E-state index < -0.39 is 0 Å². The maximum atomic E-state index is 9.30. The van der Waals surface area contributed by atoms with Crippen molar-refractivity contribution in [2.45, 2.75) is 19.4 Å². The van der Waals surface area contributed by atoms with Crippen LogP contribution in [0.25, 0.3) is 0 Å². The van der Waals surface area contributed by atoms with Crippen LogP contribution in [0.4, 0.5) is 0 Å². The van der Waals surface area contributed by atoms with Crippen molar-refractivity contribution in [2.75, 3.05) is 13.7 Å². The lowest BCUT2D eigenvalue weighted by molar-refractivity contribution is 0.228. The second kappa shape index (κ2) is 8.82. The highest BCUT2D eigenvalue weighted by atomic mass is 16.5. The van der Waals surface area contributed by atoms with Crippen molar-refractivity contribution in [3.8, 4) is 17.6 Å². The first-order valence-electron chi connectivity index (χ1n) is 7.58. The quantitative estimate of drug-likeness (QED) is 0.759. The van der Waals surface area contributed by atoms with E-state index in [9.17, 15) is 5.11 Å². The minimum Gasteiger partial charge on any atom is -0.493 e. The van der Waals surface area contributed by atoms with Gasteiger partial charge in [-0.25, -0.2) is 0 Å². The molecule has 2 aromatic carbocycles. The smallest absolute Gasteiger partial charge is 0.161 e. The number of nitrogens with zero attached hydrogens (tertiary/aromatic N) is 1. The first-order chi connectivity index (χ1) is 11.3. The van der Waals surface area contributed by atoms with Crippen LogP contribution in [0.15, 0.2) is 48.5 Å². The molecule has 1 N–H and O–H groups in total. The summed E-state index contributed by atoms with van der Waals surface area (Å²) in [6.45, 7) is 0.479. The average Bonchev–Trinajstić information content (AvgIpc) is 2.60. The lowest BCUT2D eigenvalue weighted by Gasteiger charge is -2.14. The Balaban J connectivity index is 2.05. The SMILES string of the molecule is COc1cc([13CH2]C(CO)C[13C]#N)ccc1OCc1ccccc1. The summed E-state index contributed by atoms with van der Waals surface area (Å²) in [5.41, 5.74) is 2.11. The van der Waals surface area contributed by atoms with E-state index in [0.29, 0.717) is 30.9 Å². The Morgan fingerprint density at radius 1 is 1.09 bits per heavy atom. The number of hydrogen-bond donors (Lipinski definition) is 1. The van der Waals surface area contributed by atoms with Gasteiger partial charge in [0.05, 0.1) is 13.2 Å². The number of methoxy groups -OCH3 is 1. The lowest BCUT2D eigenvalue weighted by atomic mass is 10.1. The Hall–Kier alpha value is -2.51. The first-order valence-corrected chi connectivity index (χ1v) is 7.58. The molecule has 0 aliphatic carbocycles. The van der Waals surface area contributed by atoms with Crippen molar-refractivity contribution in [3.63, 3.8) is 0 Å². The number of benzene rings is 2. The maximum absolute atomic E-state index is 9.30. The molecule has 0 aromatic heterocycles. The number of nitriles is 1. The fourth-order valence-electron chi connectivity index (χ4n) is 2.36. The van der Waals surface area contributed by atoms with Crippen LogP contribution in [0.2, 0.25) is 0 Å². The second-order valence-electron chi connectivity index (χ2n) is 5.37. The molecule has 0 saturated heterocycles. The molecular formula is C19H21NO3. The zero-order valence-electron chi connectivity index (χ0n) is 13.2. The Labute approximate surface area is 136 Å². The molecule has 120 valence electrons. The second-order valence-corrected chi connectivity index (χ2v) is 5.37. The van der Waals surface area contributed by atoms with Gasteiger partial charge in [-0.15, -0.1) is 0 Å². The molecule has 2 rings (SSSR count). The van der Waals surface area contributed by atoms with Crippen molar-refractivity contribution in [2.24, 2.45) is 5.92 Å². The summed E-state index contributed by atoms with van der Waals surface area (Å²) in [6.07, 6.45) is 0.977. The predicted octanol–water partition coefficient (Wildman–Crippen LogP) is 3.34. The zero-order chi connectivity index (χ0) is 16.5. The van der Waals surface area contributed by atoms with Crippen molar-refractivity contribution in [1.29, 1.82) is 5.26 Å². The molecule has 1 unspecified atom stereocenters. The van der Waals surface area contributed by atoms with Gasteiger partial charge in [0.25, 0.3) is 0 Å². The summed E-state index contributed by atoms with van der Waals surface area (Å²) in [5.74, 6) is 1.29. The van der Waals surface area contributed by atoms with Crippen molar-refractivity contribution >= 4 is 0 Å². The lowest BCUT2D eigenvalue weighted by Crippen LogP contribution is -2.09. The molecule has 4 heteroatoms. The summed E-state index contributed by atoms with van der Waals surface area (Å²) in [6, 6.07) is 17.8. The van der Waals surface area contributed by atoms with E-state index in [-0.39, 0.29) is 12.5 Å². The van der Waals surface area contributed by atoms with Crippen molar-refractivity contribution < 1.29 is 14.6 Å². The van der Waals surface area contributed by atoms with E-state index in [1.165, 1.54) is 0 Å². The zero-order valence-corrected chi connectivity index (χ0v) is 13.2. The highest BCUT2D eigenvalue weighted by molar-refractivity contribution is 5.43. The summed E-state index contributed by atoms with van der Waals surface area (Å²) in [7, 11) is 1.60. The third-order valence-corrected chi connectivity index (χ3v) is 3.63. The van der Waals surface area contributed by atoms with Gasteiger partial charge in [-0.05, 0) is 35.6 Å². The molecule has 0 spiro atoms. The minimum absolute atomic E-state index is 0.00212. The Bertz CT molecular complexity index is 649. The molecule has 23 heavy (non-hydrogen) atoms. The molecule has 0 bridgehead atoms. The Kier molecular flexibility index (Phi) is 6.46. The van der Waals surface area contributed by atoms with Gasteiger partial charge in [0.15, 0.2) is 11.5 Å². The topological polar surface area (TPSA) is 62.5 Å². The van der Waals surface area contributed by atoms with E-state index in [2.05, 4.69) is 6.07 Å². The van der Waals surface area contributed by atoms with Gasteiger partial charge < -0.3 is 14.6 Å². The van der Waals surface area contributed by atoms with Crippen LogP contribution in [-0.4, -0.2) is 18.8 Å². The fraction of sp³-hybridized carbons (Fsp3) is 0.316. The molecule has 0 aliphatic heterocycles. The van der Waals surface area contributed by atoms with Gasteiger partial charge in [-0.3, -0.25) is 0 Å². The van der Waals surface area contributed by atoms with Crippen molar-refractivity contribution in [1.82, 2.24) is 0 Å². The van der Waals surface area contributed by atoms with Crippen LogP contribution < -0.4 is 9.47 Å². The third kappa shape index (κ3) is 5.01. The molecule has 0 fully saturated rings. The predicted molar refractivity (Wildman–Crippen MR) is 88.3 cm³/mol. The molecule has 0 heterocycles. The maximum Gasteiger partial charge on any atom is 0.161 e. The number of aliphatic hydroxyl groups excluding tert-OH is 1. The summed E-state index contributed by atoms with van der Waals surface area (Å²) in [4.78, 5) is 0. The van der Waals surface area contributed by atoms with Crippen LogP contribution in [0, 0.1) is 17.2 Å². The van der Waals surface area contributed by atoms with Crippen LogP contribution in [0.3, 0.4) is 0 Å². The van der Waals surface area contributed by atoms with Crippen molar-refractivity contribution in [3.05, 3.63) is 59.7 Å². The molecule has 0 amide bonds. The molecular weight excluding hydrogens is 292 g/mol. The number of rotatable bonds is 8. The number of hydrogen-bond acceptors (Lipinski definition) is 4. The minimum atomic E-state index is -0.0548. The monoisotopic (exact) mass is 313 g/mol. The van der Waals surface area contributed by atoms with E-state index >= 15 is 0 Å². The van der Waals surface area contributed by atoms with E-state index in [1.807, 2.05) is 48.5 Å². The molecule has 2 aromatic rings. The average molecular weight is 313 g/mol. The third-order valence-electron chi connectivity index (χ3n) is 3.63. The van der Waals surface area contributed by atoms with E-state index in [0.717, 1.165) is 11.1 Å². The van der Waals surface area contributed by atoms with Gasteiger partial charge in [0.2, 0.25) is 0 Å². The number of ether oxygens (including phenoxy) is 2. The van der Waals surface area contributed by atoms with Gasteiger partial charge in [0.1, 0.15) is 6.61 Å². The molecule has 1 atom stereocenters. The Morgan fingerprint density at radius 2 is 1.87 bits per heavy atom. The van der Waals surface area contributed by atoms with Gasteiger partial charge in [-0.1, -0.05) is 36.4 Å². The van der Waals surface area contributed by atoms with E-state index in [1.54, 1.807) is 7.11 Å². The highest BCUT2D eigenvalue weighted by Crippen LogP contribution is 2.30. The van der Waals surface area contributed by atoms with Gasteiger partial charge in [0, 0.05) is 13.0 Å². The molecule has 0 aliphatic rings. The molecule has 0 radical (unpaired) electrons. The van der Waals surface area contributed by atoms with Crippen LogP contribution in [-0.2, 0) is 13.0 Å². The standard InChI is InChI=1S/C19H21NO3/c1-22-19-12-16(11-17(13-21)9-10-20)7-8-18(19)23-14-15-5-3-2-4-6-15/h2-8,12,17,21H,9,11,13-14H2,1H3/i10+1,11+1. The fourth-order valence-corrected chi connectivity index (χ4v) is 2.36. The summed E-state index contributed by atoms with van der Waals surface area (Å²) in [5, 5.41) is 18.1.